The van der Waals surface area contributed by atoms with Crippen LogP contribution in [0.25, 0.3) is 0 Å². The smallest absolute Gasteiger partial charge is 0.220 e. The van der Waals surface area contributed by atoms with Gasteiger partial charge in [-0.25, -0.2) is 0 Å². The SMILES string of the molecule is CCC(O)(CC)CNC(=O)CC(C)c1c(C)n[nH]c1C. The van der Waals surface area contributed by atoms with E-state index in [0.29, 0.717) is 25.8 Å². The van der Waals surface area contributed by atoms with Crippen LogP contribution in [0.2, 0.25) is 0 Å². The van der Waals surface area contributed by atoms with Crippen LogP contribution in [0.3, 0.4) is 0 Å². The van der Waals surface area contributed by atoms with Gasteiger partial charge in [0.25, 0.3) is 0 Å². The van der Waals surface area contributed by atoms with Crippen molar-refractivity contribution in [2.75, 3.05) is 6.54 Å². The van der Waals surface area contributed by atoms with E-state index in [1.54, 1.807) is 0 Å². The van der Waals surface area contributed by atoms with Crippen molar-refractivity contribution in [3.63, 3.8) is 0 Å². The van der Waals surface area contributed by atoms with E-state index in [1.807, 2.05) is 34.6 Å². The van der Waals surface area contributed by atoms with Crippen LogP contribution >= 0.6 is 0 Å². The van der Waals surface area contributed by atoms with Crippen molar-refractivity contribution in [2.24, 2.45) is 0 Å². The number of H-pyrrole nitrogens is 1. The molecule has 0 saturated heterocycles. The fourth-order valence-electron chi connectivity index (χ4n) is 2.50. The van der Waals surface area contributed by atoms with E-state index >= 15 is 0 Å². The summed E-state index contributed by atoms with van der Waals surface area (Å²) in [6.45, 7) is 10.1. The Morgan fingerprint density at radius 2 is 2.00 bits per heavy atom. The lowest BCUT2D eigenvalue weighted by atomic mass is 9.94. The van der Waals surface area contributed by atoms with Crippen molar-refractivity contribution in [3.05, 3.63) is 17.0 Å². The van der Waals surface area contributed by atoms with Gasteiger partial charge in [0.2, 0.25) is 5.91 Å². The quantitative estimate of drug-likeness (QED) is 0.717. The Bertz CT molecular complexity index is 430. The van der Waals surface area contributed by atoms with E-state index in [0.717, 1.165) is 17.0 Å². The van der Waals surface area contributed by atoms with Gasteiger partial charge in [0.1, 0.15) is 0 Å². The molecule has 1 rings (SSSR count). The third-order valence-corrected chi connectivity index (χ3v) is 4.10. The number of hydrogen-bond donors (Lipinski definition) is 3. The van der Waals surface area contributed by atoms with Gasteiger partial charge in [-0.1, -0.05) is 20.8 Å². The summed E-state index contributed by atoms with van der Waals surface area (Å²) >= 11 is 0. The second-order valence-corrected chi connectivity index (χ2v) is 5.66. The highest BCUT2D eigenvalue weighted by atomic mass is 16.3. The second kappa shape index (κ2) is 6.88. The minimum Gasteiger partial charge on any atom is -0.388 e. The summed E-state index contributed by atoms with van der Waals surface area (Å²) in [5.41, 5.74) is 2.28. The Labute approximate surface area is 121 Å². The van der Waals surface area contributed by atoms with Gasteiger partial charge < -0.3 is 10.4 Å². The highest BCUT2D eigenvalue weighted by Gasteiger charge is 2.24. The second-order valence-electron chi connectivity index (χ2n) is 5.66. The number of rotatable bonds is 7. The topological polar surface area (TPSA) is 78.0 Å². The summed E-state index contributed by atoms with van der Waals surface area (Å²) in [7, 11) is 0. The maximum Gasteiger partial charge on any atom is 0.220 e. The molecular formula is C15H27N3O2. The van der Waals surface area contributed by atoms with Gasteiger partial charge in [-0.05, 0) is 38.2 Å². The lowest BCUT2D eigenvalue weighted by molar-refractivity contribution is -0.122. The van der Waals surface area contributed by atoms with Gasteiger partial charge in [0.15, 0.2) is 0 Å². The monoisotopic (exact) mass is 281 g/mol. The lowest BCUT2D eigenvalue weighted by Crippen LogP contribution is -2.42. The fraction of sp³-hybridized carbons (Fsp3) is 0.733. The standard InChI is InChI=1S/C15H27N3O2/c1-6-15(20,7-2)9-16-13(19)8-10(3)14-11(4)17-18-12(14)5/h10,20H,6-9H2,1-5H3,(H,16,19)(H,17,18). The number of carbonyl (C=O) groups excluding carboxylic acids is 1. The molecule has 114 valence electrons. The van der Waals surface area contributed by atoms with E-state index in [4.69, 9.17) is 0 Å². The fourth-order valence-corrected chi connectivity index (χ4v) is 2.50. The predicted octanol–water partition coefficient (Wildman–Crippen LogP) is 2.19. The molecule has 0 aliphatic heterocycles. The Morgan fingerprint density at radius 3 is 2.45 bits per heavy atom. The molecule has 0 saturated carbocycles. The first-order valence-corrected chi connectivity index (χ1v) is 7.33. The van der Waals surface area contributed by atoms with Gasteiger partial charge in [0, 0.05) is 18.7 Å². The average Bonchev–Trinajstić information content (AvgIpc) is 2.75. The molecule has 3 N–H and O–H groups in total. The maximum absolute atomic E-state index is 12.0. The number of nitrogens with one attached hydrogen (secondary N) is 2. The molecule has 0 bridgehead atoms. The normalized spacial score (nSPS) is 13.3. The third-order valence-electron chi connectivity index (χ3n) is 4.10. The summed E-state index contributed by atoms with van der Waals surface area (Å²) in [5, 5.41) is 20.1. The van der Waals surface area contributed by atoms with Gasteiger partial charge in [-0.3, -0.25) is 9.89 Å². The Balaban J connectivity index is 2.55. The molecule has 0 aliphatic rings. The molecule has 1 aromatic heterocycles. The van der Waals surface area contributed by atoms with E-state index in [-0.39, 0.29) is 11.8 Å². The highest BCUT2D eigenvalue weighted by molar-refractivity contribution is 5.77. The van der Waals surface area contributed by atoms with Crippen molar-refractivity contribution >= 4 is 5.91 Å². The number of aryl methyl sites for hydroxylation is 2. The van der Waals surface area contributed by atoms with Gasteiger partial charge in [0.05, 0.1) is 11.3 Å². The Morgan fingerprint density at radius 1 is 1.40 bits per heavy atom. The zero-order valence-corrected chi connectivity index (χ0v) is 13.2. The van der Waals surface area contributed by atoms with E-state index in [2.05, 4.69) is 15.5 Å². The van der Waals surface area contributed by atoms with Crippen LogP contribution in [0.1, 0.15) is 62.9 Å². The number of amides is 1. The first-order valence-electron chi connectivity index (χ1n) is 7.33. The van der Waals surface area contributed by atoms with Gasteiger partial charge in [-0.15, -0.1) is 0 Å². The van der Waals surface area contributed by atoms with Crippen LogP contribution in [0.4, 0.5) is 0 Å². The Kier molecular flexibility index (Phi) is 5.74. The molecular weight excluding hydrogens is 254 g/mol. The van der Waals surface area contributed by atoms with Crippen molar-refractivity contribution in [2.45, 2.75) is 65.4 Å². The van der Waals surface area contributed by atoms with E-state index in [9.17, 15) is 9.90 Å². The molecule has 5 heteroatoms. The summed E-state index contributed by atoms with van der Waals surface area (Å²) in [4.78, 5) is 12.0. The van der Waals surface area contributed by atoms with Crippen LogP contribution in [0, 0.1) is 13.8 Å². The minimum atomic E-state index is -0.791. The molecule has 0 aromatic carbocycles. The molecule has 5 nitrogen and oxygen atoms in total. The lowest BCUT2D eigenvalue weighted by Gasteiger charge is -2.25. The van der Waals surface area contributed by atoms with E-state index in [1.165, 1.54) is 0 Å². The van der Waals surface area contributed by atoms with Crippen molar-refractivity contribution in [1.29, 1.82) is 0 Å². The predicted molar refractivity (Wildman–Crippen MR) is 79.6 cm³/mol. The molecule has 1 unspecified atom stereocenters. The van der Waals surface area contributed by atoms with Crippen LogP contribution < -0.4 is 5.32 Å². The van der Waals surface area contributed by atoms with Crippen molar-refractivity contribution < 1.29 is 9.90 Å². The molecule has 0 aliphatic carbocycles. The van der Waals surface area contributed by atoms with E-state index < -0.39 is 5.60 Å². The third kappa shape index (κ3) is 4.07. The first kappa shape index (κ1) is 16.7. The summed E-state index contributed by atoms with van der Waals surface area (Å²) in [6.07, 6.45) is 1.68. The van der Waals surface area contributed by atoms with Crippen LogP contribution in [0.5, 0.6) is 0 Å². The number of aromatic nitrogens is 2. The molecule has 0 spiro atoms. The molecule has 1 aromatic rings. The largest absolute Gasteiger partial charge is 0.388 e. The molecule has 1 atom stereocenters. The number of nitrogens with zero attached hydrogens (tertiary/aromatic N) is 1. The summed E-state index contributed by atoms with van der Waals surface area (Å²) in [5.74, 6) is 0.0860. The molecule has 20 heavy (non-hydrogen) atoms. The number of aliphatic hydroxyl groups is 1. The van der Waals surface area contributed by atoms with Crippen LogP contribution in [-0.4, -0.2) is 33.4 Å². The zero-order chi connectivity index (χ0) is 15.3. The van der Waals surface area contributed by atoms with Crippen LogP contribution in [0.15, 0.2) is 0 Å². The van der Waals surface area contributed by atoms with Crippen molar-refractivity contribution in [3.8, 4) is 0 Å². The first-order chi connectivity index (χ1) is 9.33. The summed E-state index contributed by atoms with van der Waals surface area (Å²) in [6, 6.07) is 0. The average molecular weight is 281 g/mol. The summed E-state index contributed by atoms with van der Waals surface area (Å²) < 4.78 is 0. The van der Waals surface area contributed by atoms with Gasteiger partial charge >= 0.3 is 0 Å². The molecule has 0 radical (unpaired) electrons. The number of carbonyl (C=O) groups is 1. The Hall–Kier alpha value is -1.36. The molecule has 1 amide bonds. The highest BCUT2D eigenvalue weighted by Crippen LogP contribution is 2.24. The van der Waals surface area contributed by atoms with Crippen molar-refractivity contribution in [1.82, 2.24) is 15.5 Å². The molecule has 1 heterocycles. The van der Waals surface area contributed by atoms with Crippen LogP contribution in [-0.2, 0) is 4.79 Å². The molecule has 0 fully saturated rings. The number of aromatic amines is 1. The number of hydrogen-bond acceptors (Lipinski definition) is 3. The van der Waals surface area contributed by atoms with Gasteiger partial charge in [-0.2, -0.15) is 5.10 Å². The minimum absolute atomic E-state index is 0.0298. The maximum atomic E-state index is 12.0. The zero-order valence-electron chi connectivity index (χ0n) is 13.2.